The summed E-state index contributed by atoms with van der Waals surface area (Å²) in [5.41, 5.74) is -0.0535. The maximum absolute atomic E-state index is 12.0. The van der Waals surface area contributed by atoms with Gasteiger partial charge in [-0.25, -0.2) is 4.79 Å². The molecule has 1 unspecified atom stereocenters. The van der Waals surface area contributed by atoms with E-state index >= 15 is 0 Å². The van der Waals surface area contributed by atoms with Gasteiger partial charge in [0.15, 0.2) is 0 Å². The fraction of sp³-hybridized carbons (Fsp3) is 0.588. The van der Waals surface area contributed by atoms with Crippen molar-refractivity contribution < 1.29 is 9.90 Å². The lowest BCUT2D eigenvalue weighted by molar-refractivity contribution is -0.145. The standard InChI is InChI=1S/C17H25NO2S/c1-2-3-12-21-13-11-17(16(19)20,18-15-9-10-15)14-7-5-4-6-8-14/h4-8,15,18H,2-3,9-13H2,1H3,(H,19,20). The van der Waals surface area contributed by atoms with Gasteiger partial charge >= 0.3 is 5.97 Å². The topological polar surface area (TPSA) is 49.3 Å². The third-order valence-corrected chi connectivity index (χ3v) is 4.99. The molecule has 4 heteroatoms. The van der Waals surface area contributed by atoms with Crippen LogP contribution in [-0.4, -0.2) is 28.6 Å². The molecular weight excluding hydrogens is 282 g/mol. The van der Waals surface area contributed by atoms with Gasteiger partial charge < -0.3 is 5.11 Å². The SMILES string of the molecule is CCCCSCCC(NC1CC1)(C(=O)O)c1ccccc1. The summed E-state index contributed by atoms with van der Waals surface area (Å²) in [6, 6.07) is 10.0. The fourth-order valence-electron chi connectivity index (χ4n) is 2.46. The van der Waals surface area contributed by atoms with Gasteiger partial charge in [-0.15, -0.1) is 0 Å². The Kier molecular flexibility index (Phi) is 6.12. The van der Waals surface area contributed by atoms with Gasteiger partial charge in [0, 0.05) is 6.04 Å². The molecule has 1 aromatic rings. The van der Waals surface area contributed by atoms with Crippen molar-refractivity contribution in [1.82, 2.24) is 5.32 Å². The summed E-state index contributed by atoms with van der Waals surface area (Å²) in [4.78, 5) is 12.0. The van der Waals surface area contributed by atoms with Gasteiger partial charge in [0.05, 0.1) is 0 Å². The third-order valence-electron chi connectivity index (χ3n) is 3.92. The number of carboxylic acids is 1. The third kappa shape index (κ3) is 4.48. The van der Waals surface area contributed by atoms with Crippen molar-refractivity contribution in [2.75, 3.05) is 11.5 Å². The molecule has 1 saturated carbocycles. The summed E-state index contributed by atoms with van der Waals surface area (Å²) < 4.78 is 0. The van der Waals surface area contributed by atoms with Crippen molar-refractivity contribution in [2.24, 2.45) is 0 Å². The second kappa shape index (κ2) is 7.85. The molecule has 0 aliphatic heterocycles. The molecule has 0 heterocycles. The Morgan fingerprint density at radius 2 is 2.05 bits per heavy atom. The summed E-state index contributed by atoms with van der Waals surface area (Å²) in [5, 5.41) is 13.3. The molecule has 2 N–H and O–H groups in total. The first-order valence-electron chi connectivity index (χ1n) is 7.83. The Hall–Kier alpha value is -1.00. The Labute approximate surface area is 131 Å². The molecule has 1 fully saturated rings. The maximum atomic E-state index is 12.0. The van der Waals surface area contributed by atoms with Gasteiger partial charge in [0.2, 0.25) is 0 Å². The van der Waals surface area contributed by atoms with E-state index in [1.165, 1.54) is 12.8 Å². The highest BCUT2D eigenvalue weighted by molar-refractivity contribution is 7.99. The van der Waals surface area contributed by atoms with E-state index in [0.29, 0.717) is 12.5 Å². The highest BCUT2D eigenvalue weighted by Gasteiger charge is 2.43. The van der Waals surface area contributed by atoms with Crippen LogP contribution >= 0.6 is 11.8 Å². The van der Waals surface area contributed by atoms with Crippen molar-refractivity contribution in [3.05, 3.63) is 35.9 Å². The van der Waals surface area contributed by atoms with Crippen LogP contribution in [0.5, 0.6) is 0 Å². The van der Waals surface area contributed by atoms with Gasteiger partial charge in [-0.1, -0.05) is 43.7 Å². The monoisotopic (exact) mass is 307 g/mol. The molecule has 1 aliphatic carbocycles. The van der Waals surface area contributed by atoms with E-state index in [2.05, 4.69) is 12.2 Å². The molecule has 116 valence electrons. The second-order valence-electron chi connectivity index (χ2n) is 5.71. The number of rotatable bonds is 10. The number of nitrogens with one attached hydrogen (secondary N) is 1. The Morgan fingerprint density at radius 1 is 1.33 bits per heavy atom. The summed E-state index contributed by atoms with van der Waals surface area (Å²) in [6.07, 6.45) is 5.20. The highest BCUT2D eigenvalue weighted by Crippen LogP contribution is 2.33. The average Bonchev–Trinajstić information content (AvgIpc) is 3.30. The van der Waals surface area contributed by atoms with Gasteiger partial charge in [0.25, 0.3) is 0 Å². The molecule has 0 radical (unpaired) electrons. The van der Waals surface area contributed by atoms with Crippen LogP contribution in [0.15, 0.2) is 30.3 Å². The van der Waals surface area contributed by atoms with Crippen LogP contribution in [0.3, 0.4) is 0 Å². The lowest BCUT2D eigenvalue weighted by Gasteiger charge is -2.31. The van der Waals surface area contributed by atoms with Gasteiger partial charge in [-0.3, -0.25) is 5.32 Å². The summed E-state index contributed by atoms with van der Waals surface area (Å²) in [7, 11) is 0. The van der Waals surface area contributed by atoms with Crippen LogP contribution in [0, 0.1) is 0 Å². The molecule has 2 rings (SSSR count). The van der Waals surface area contributed by atoms with Crippen molar-refractivity contribution in [2.45, 2.75) is 50.6 Å². The normalized spacial score (nSPS) is 17.4. The van der Waals surface area contributed by atoms with E-state index in [-0.39, 0.29) is 0 Å². The lowest BCUT2D eigenvalue weighted by Crippen LogP contribution is -2.50. The molecule has 1 aromatic carbocycles. The van der Waals surface area contributed by atoms with Crippen LogP contribution in [0.1, 0.15) is 44.6 Å². The van der Waals surface area contributed by atoms with Crippen molar-refractivity contribution >= 4 is 17.7 Å². The number of unbranched alkanes of at least 4 members (excludes halogenated alkanes) is 1. The first-order valence-corrected chi connectivity index (χ1v) is 8.99. The van der Waals surface area contributed by atoms with E-state index in [9.17, 15) is 9.90 Å². The molecule has 0 spiro atoms. The summed E-state index contributed by atoms with van der Waals surface area (Å²) in [5.74, 6) is 1.24. The molecule has 1 atom stereocenters. The number of carbonyl (C=O) groups is 1. The van der Waals surface area contributed by atoms with E-state index in [1.54, 1.807) is 0 Å². The smallest absolute Gasteiger partial charge is 0.328 e. The first-order chi connectivity index (χ1) is 10.2. The Morgan fingerprint density at radius 3 is 2.62 bits per heavy atom. The largest absolute Gasteiger partial charge is 0.480 e. The molecule has 0 aromatic heterocycles. The Balaban J connectivity index is 2.09. The second-order valence-corrected chi connectivity index (χ2v) is 6.94. The molecule has 21 heavy (non-hydrogen) atoms. The van der Waals surface area contributed by atoms with Crippen LogP contribution in [0.2, 0.25) is 0 Å². The highest BCUT2D eigenvalue weighted by atomic mass is 32.2. The minimum atomic E-state index is -0.929. The van der Waals surface area contributed by atoms with E-state index in [1.807, 2.05) is 42.1 Å². The lowest BCUT2D eigenvalue weighted by atomic mass is 9.87. The Bertz CT molecular complexity index is 447. The number of hydrogen-bond acceptors (Lipinski definition) is 3. The molecule has 0 bridgehead atoms. The first kappa shape index (κ1) is 16.4. The van der Waals surface area contributed by atoms with Crippen LogP contribution < -0.4 is 5.32 Å². The predicted octanol–water partition coefficient (Wildman–Crippen LogP) is 3.64. The molecular formula is C17H25NO2S. The van der Waals surface area contributed by atoms with Crippen LogP contribution in [0.4, 0.5) is 0 Å². The average molecular weight is 307 g/mol. The van der Waals surface area contributed by atoms with E-state index < -0.39 is 11.5 Å². The van der Waals surface area contributed by atoms with Gasteiger partial charge in [-0.2, -0.15) is 11.8 Å². The minimum Gasteiger partial charge on any atom is -0.480 e. The number of aliphatic carboxylic acids is 1. The number of carboxylic acid groups (broad SMARTS) is 1. The van der Waals surface area contributed by atoms with Crippen molar-refractivity contribution in [3.8, 4) is 0 Å². The molecule has 0 saturated heterocycles. The van der Waals surface area contributed by atoms with Crippen LogP contribution in [0.25, 0.3) is 0 Å². The van der Waals surface area contributed by atoms with Crippen LogP contribution in [-0.2, 0) is 10.3 Å². The zero-order valence-electron chi connectivity index (χ0n) is 12.7. The maximum Gasteiger partial charge on any atom is 0.328 e. The number of thioether (sulfide) groups is 1. The fourth-order valence-corrected chi connectivity index (χ4v) is 3.61. The van der Waals surface area contributed by atoms with Crippen molar-refractivity contribution in [1.29, 1.82) is 0 Å². The zero-order valence-corrected chi connectivity index (χ0v) is 13.5. The quantitative estimate of drug-likeness (QED) is 0.648. The predicted molar refractivity (Wildman–Crippen MR) is 88.8 cm³/mol. The zero-order chi connectivity index (χ0) is 15.1. The van der Waals surface area contributed by atoms with Gasteiger partial charge in [-0.05, 0) is 42.8 Å². The molecule has 0 amide bonds. The number of hydrogen-bond donors (Lipinski definition) is 2. The van der Waals surface area contributed by atoms with E-state index in [0.717, 1.165) is 29.9 Å². The number of benzene rings is 1. The van der Waals surface area contributed by atoms with Crippen molar-refractivity contribution in [3.63, 3.8) is 0 Å². The summed E-state index contributed by atoms with van der Waals surface area (Å²) >= 11 is 1.86. The van der Waals surface area contributed by atoms with Gasteiger partial charge in [0.1, 0.15) is 5.54 Å². The van der Waals surface area contributed by atoms with E-state index in [4.69, 9.17) is 0 Å². The summed E-state index contributed by atoms with van der Waals surface area (Å²) in [6.45, 7) is 2.18. The molecule has 1 aliphatic rings. The molecule has 3 nitrogen and oxygen atoms in total. The minimum absolute atomic E-state index is 0.363.